The van der Waals surface area contributed by atoms with Gasteiger partial charge in [-0.2, -0.15) is 0 Å². The fourth-order valence-electron chi connectivity index (χ4n) is 2.25. The molecule has 7 nitrogen and oxygen atoms in total. The summed E-state index contributed by atoms with van der Waals surface area (Å²) in [5.41, 5.74) is 1.29. The third-order valence-corrected chi connectivity index (χ3v) is 4.28. The molecule has 3 rings (SSSR count). The van der Waals surface area contributed by atoms with Crippen LogP contribution >= 0.6 is 11.3 Å². The monoisotopic (exact) mass is 369 g/mol. The Bertz CT molecular complexity index is 950. The zero-order chi connectivity index (χ0) is 18.5. The van der Waals surface area contributed by atoms with Crippen molar-refractivity contribution in [1.29, 1.82) is 0 Å². The Balaban J connectivity index is 1.60. The summed E-state index contributed by atoms with van der Waals surface area (Å²) >= 11 is 1.33. The standard InChI is InChI=1S/C18H15N3O4S/c1-11(22)19-13-7-3-2-6-12(13)17(24)25-10-16(23)21-18-20-14-8-4-5-9-15(14)26-18/h2-9H,10H2,1H3,(H,19,22)(H,20,21,23). The van der Waals surface area contributed by atoms with Gasteiger partial charge in [-0.3, -0.25) is 14.9 Å². The van der Waals surface area contributed by atoms with Gasteiger partial charge in [0.2, 0.25) is 5.91 Å². The van der Waals surface area contributed by atoms with Gasteiger partial charge < -0.3 is 10.1 Å². The molecule has 0 bridgehead atoms. The molecule has 2 aromatic carbocycles. The van der Waals surface area contributed by atoms with Crippen LogP contribution in [0.25, 0.3) is 10.2 Å². The quantitative estimate of drug-likeness (QED) is 0.674. The average molecular weight is 369 g/mol. The molecule has 0 atom stereocenters. The number of nitrogens with one attached hydrogen (secondary N) is 2. The van der Waals surface area contributed by atoms with E-state index in [4.69, 9.17) is 4.74 Å². The highest BCUT2D eigenvalue weighted by atomic mass is 32.1. The van der Waals surface area contributed by atoms with Crippen molar-refractivity contribution < 1.29 is 19.1 Å². The summed E-state index contributed by atoms with van der Waals surface area (Å²) < 4.78 is 5.98. The van der Waals surface area contributed by atoms with E-state index in [2.05, 4.69) is 15.6 Å². The van der Waals surface area contributed by atoms with E-state index in [0.29, 0.717) is 10.8 Å². The fourth-order valence-corrected chi connectivity index (χ4v) is 3.13. The highest BCUT2D eigenvalue weighted by molar-refractivity contribution is 7.22. The molecule has 132 valence electrons. The fraction of sp³-hybridized carbons (Fsp3) is 0.111. The number of carbonyl (C=O) groups is 3. The van der Waals surface area contributed by atoms with Gasteiger partial charge in [0.25, 0.3) is 5.91 Å². The molecule has 0 aliphatic carbocycles. The van der Waals surface area contributed by atoms with Crippen molar-refractivity contribution in [2.45, 2.75) is 6.92 Å². The molecule has 0 fully saturated rings. The maximum absolute atomic E-state index is 12.2. The number of benzene rings is 2. The molecular weight excluding hydrogens is 354 g/mol. The van der Waals surface area contributed by atoms with Crippen molar-refractivity contribution in [3.63, 3.8) is 0 Å². The predicted molar refractivity (Wildman–Crippen MR) is 99.3 cm³/mol. The summed E-state index contributed by atoms with van der Waals surface area (Å²) in [7, 11) is 0. The van der Waals surface area contributed by atoms with Crippen LogP contribution in [0.4, 0.5) is 10.8 Å². The molecule has 0 aliphatic rings. The average Bonchev–Trinajstić information content (AvgIpc) is 3.01. The van der Waals surface area contributed by atoms with Crippen LogP contribution in [0.2, 0.25) is 0 Å². The molecule has 8 heteroatoms. The van der Waals surface area contributed by atoms with Gasteiger partial charge in [0.15, 0.2) is 11.7 Å². The normalized spacial score (nSPS) is 10.3. The van der Waals surface area contributed by atoms with E-state index in [1.54, 1.807) is 18.2 Å². The number of fused-ring (bicyclic) bond motifs is 1. The van der Waals surface area contributed by atoms with Crippen LogP contribution in [0, 0.1) is 0 Å². The molecule has 0 saturated carbocycles. The van der Waals surface area contributed by atoms with Crippen molar-refractivity contribution in [2.24, 2.45) is 0 Å². The Labute approximate surface area is 153 Å². The van der Waals surface area contributed by atoms with Crippen molar-refractivity contribution in [3.8, 4) is 0 Å². The van der Waals surface area contributed by atoms with Gasteiger partial charge >= 0.3 is 5.97 Å². The lowest BCUT2D eigenvalue weighted by Crippen LogP contribution is -2.21. The number of nitrogens with zero attached hydrogens (tertiary/aromatic N) is 1. The Kier molecular flexibility index (Phi) is 5.23. The summed E-state index contributed by atoms with van der Waals surface area (Å²) in [5.74, 6) is -1.50. The second-order valence-corrected chi connectivity index (χ2v) is 6.37. The summed E-state index contributed by atoms with van der Waals surface area (Å²) in [6.07, 6.45) is 0. The number of carbonyl (C=O) groups excluding carboxylic acids is 3. The summed E-state index contributed by atoms with van der Waals surface area (Å²) in [5, 5.41) is 5.59. The SMILES string of the molecule is CC(=O)Nc1ccccc1C(=O)OCC(=O)Nc1nc2ccccc2s1. The molecule has 0 aliphatic heterocycles. The molecule has 0 radical (unpaired) electrons. The number of ether oxygens (including phenoxy) is 1. The third-order valence-electron chi connectivity index (χ3n) is 3.33. The molecular formula is C18H15N3O4S. The third kappa shape index (κ3) is 4.22. The van der Waals surface area contributed by atoms with Gasteiger partial charge in [0.1, 0.15) is 0 Å². The number of rotatable bonds is 5. The molecule has 3 aromatic rings. The smallest absolute Gasteiger partial charge is 0.340 e. The summed E-state index contributed by atoms with van der Waals surface area (Å²) in [4.78, 5) is 39.7. The first-order valence-electron chi connectivity index (χ1n) is 7.72. The largest absolute Gasteiger partial charge is 0.452 e. The van der Waals surface area contributed by atoms with Crippen LogP contribution in [0.15, 0.2) is 48.5 Å². The van der Waals surface area contributed by atoms with Gasteiger partial charge in [-0.1, -0.05) is 35.6 Å². The van der Waals surface area contributed by atoms with E-state index in [9.17, 15) is 14.4 Å². The molecule has 26 heavy (non-hydrogen) atoms. The first-order valence-corrected chi connectivity index (χ1v) is 8.54. The first kappa shape index (κ1) is 17.6. The van der Waals surface area contributed by atoms with Crippen molar-refractivity contribution in [3.05, 3.63) is 54.1 Å². The molecule has 2 amide bonds. The minimum Gasteiger partial charge on any atom is -0.452 e. The van der Waals surface area contributed by atoms with Crippen LogP contribution in [0.1, 0.15) is 17.3 Å². The van der Waals surface area contributed by atoms with Crippen LogP contribution in [0.3, 0.4) is 0 Å². The number of para-hydroxylation sites is 2. The van der Waals surface area contributed by atoms with Crippen LogP contribution in [-0.4, -0.2) is 29.4 Å². The van der Waals surface area contributed by atoms with Gasteiger partial charge in [0, 0.05) is 6.92 Å². The number of esters is 1. The van der Waals surface area contributed by atoms with E-state index in [1.165, 1.54) is 24.3 Å². The maximum Gasteiger partial charge on any atom is 0.340 e. The number of amides is 2. The summed E-state index contributed by atoms with van der Waals surface area (Å²) in [6.45, 7) is 0.886. The topological polar surface area (TPSA) is 97.4 Å². The number of hydrogen-bond acceptors (Lipinski definition) is 6. The van der Waals surface area contributed by atoms with Crippen molar-refractivity contribution >= 4 is 50.2 Å². The van der Waals surface area contributed by atoms with Crippen LogP contribution < -0.4 is 10.6 Å². The number of aromatic nitrogens is 1. The lowest BCUT2D eigenvalue weighted by molar-refractivity contribution is -0.119. The van der Waals surface area contributed by atoms with Gasteiger partial charge in [0.05, 0.1) is 21.5 Å². The molecule has 1 aromatic heterocycles. The van der Waals surface area contributed by atoms with Gasteiger partial charge in [-0.05, 0) is 24.3 Å². The Morgan fingerprint density at radius 2 is 1.77 bits per heavy atom. The molecule has 2 N–H and O–H groups in total. The molecule has 0 spiro atoms. The van der Waals surface area contributed by atoms with Crippen molar-refractivity contribution in [1.82, 2.24) is 4.98 Å². The Hall–Kier alpha value is -3.26. The second kappa shape index (κ2) is 7.75. The van der Waals surface area contributed by atoms with E-state index >= 15 is 0 Å². The molecule has 1 heterocycles. The zero-order valence-electron chi connectivity index (χ0n) is 13.8. The minimum atomic E-state index is -0.700. The van der Waals surface area contributed by atoms with Crippen molar-refractivity contribution in [2.75, 3.05) is 17.2 Å². The minimum absolute atomic E-state index is 0.176. The first-order chi connectivity index (χ1) is 12.5. The highest BCUT2D eigenvalue weighted by Crippen LogP contribution is 2.25. The maximum atomic E-state index is 12.2. The zero-order valence-corrected chi connectivity index (χ0v) is 14.6. The number of anilines is 2. The lowest BCUT2D eigenvalue weighted by Gasteiger charge is -2.09. The van der Waals surface area contributed by atoms with E-state index in [-0.39, 0.29) is 11.5 Å². The Morgan fingerprint density at radius 3 is 2.54 bits per heavy atom. The van der Waals surface area contributed by atoms with Crippen LogP contribution in [0.5, 0.6) is 0 Å². The summed E-state index contributed by atoms with van der Waals surface area (Å²) in [6, 6.07) is 13.9. The predicted octanol–water partition coefficient (Wildman–Crippen LogP) is 3.05. The van der Waals surface area contributed by atoms with Crippen LogP contribution in [-0.2, 0) is 14.3 Å². The van der Waals surface area contributed by atoms with Gasteiger partial charge in [-0.15, -0.1) is 0 Å². The number of hydrogen-bond donors (Lipinski definition) is 2. The molecule has 0 saturated heterocycles. The van der Waals surface area contributed by atoms with E-state index < -0.39 is 18.5 Å². The molecule has 0 unspecified atom stereocenters. The lowest BCUT2D eigenvalue weighted by atomic mass is 10.2. The van der Waals surface area contributed by atoms with Gasteiger partial charge in [-0.25, -0.2) is 9.78 Å². The number of thiazole rings is 1. The highest BCUT2D eigenvalue weighted by Gasteiger charge is 2.15. The van der Waals surface area contributed by atoms with E-state index in [1.807, 2.05) is 24.3 Å². The Morgan fingerprint density at radius 1 is 1.04 bits per heavy atom. The van der Waals surface area contributed by atoms with E-state index in [0.717, 1.165) is 10.2 Å². The second-order valence-electron chi connectivity index (χ2n) is 5.34.